The van der Waals surface area contributed by atoms with E-state index in [1.54, 1.807) is 37.0 Å². The first-order valence-electron chi connectivity index (χ1n) is 10.7. The van der Waals surface area contributed by atoms with Crippen LogP contribution >= 0.6 is 11.3 Å². The van der Waals surface area contributed by atoms with E-state index in [-0.39, 0.29) is 11.8 Å². The maximum atomic E-state index is 13.4. The summed E-state index contributed by atoms with van der Waals surface area (Å²) < 4.78 is 0.670. The zero-order chi connectivity index (χ0) is 24.5. The molecular formula is C25H21N7O2S. The summed E-state index contributed by atoms with van der Waals surface area (Å²) >= 11 is 1.33. The summed E-state index contributed by atoms with van der Waals surface area (Å²) in [6, 6.07) is 13.0. The first-order chi connectivity index (χ1) is 17.0. The number of anilines is 4. The van der Waals surface area contributed by atoms with Gasteiger partial charge in [0.1, 0.15) is 12.1 Å². The van der Waals surface area contributed by atoms with Gasteiger partial charge in [0, 0.05) is 53.9 Å². The normalized spacial score (nSPS) is 10.9. The predicted octanol–water partition coefficient (Wildman–Crippen LogP) is 4.20. The Morgan fingerprint density at radius 2 is 1.94 bits per heavy atom. The van der Waals surface area contributed by atoms with Crippen LogP contribution in [0.25, 0.3) is 21.0 Å². The number of nitrogens with one attached hydrogen (secondary N) is 2. The molecule has 0 fully saturated rings. The molecule has 0 atom stereocenters. The van der Waals surface area contributed by atoms with E-state index in [0.29, 0.717) is 32.8 Å². The van der Waals surface area contributed by atoms with Crippen molar-refractivity contribution in [1.82, 2.24) is 20.3 Å². The fourth-order valence-corrected chi connectivity index (χ4v) is 4.82. The highest BCUT2D eigenvalue weighted by Crippen LogP contribution is 2.38. The van der Waals surface area contributed by atoms with E-state index in [9.17, 15) is 9.59 Å². The number of pyridine rings is 1. The summed E-state index contributed by atoms with van der Waals surface area (Å²) in [6.07, 6.45) is 4.78. The third-order valence-electron chi connectivity index (χ3n) is 5.75. The van der Waals surface area contributed by atoms with Crippen LogP contribution in [0, 0.1) is 0 Å². The molecule has 9 nitrogen and oxygen atoms in total. The highest BCUT2D eigenvalue weighted by molar-refractivity contribution is 7.18. The molecule has 0 saturated carbocycles. The first-order valence-corrected chi connectivity index (χ1v) is 11.6. The number of nitrogen functional groups attached to an aromatic ring is 1. The summed E-state index contributed by atoms with van der Waals surface area (Å²) in [4.78, 5) is 40.0. The van der Waals surface area contributed by atoms with E-state index >= 15 is 0 Å². The summed E-state index contributed by atoms with van der Waals surface area (Å²) in [5, 5.41) is 9.16. The van der Waals surface area contributed by atoms with Crippen molar-refractivity contribution in [3.05, 3.63) is 77.7 Å². The Bertz CT molecular complexity index is 1600. The Hall–Kier alpha value is -4.57. The molecule has 2 amide bonds. The Kier molecular flexibility index (Phi) is 5.71. The molecule has 5 rings (SSSR count). The lowest BCUT2D eigenvalue weighted by molar-refractivity contribution is 0.0962. The lowest BCUT2D eigenvalue weighted by Crippen LogP contribution is -2.19. The van der Waals surface area contributed by atoms with Gasteiger partial charge < -0.3 is 21.3 Å². The molecule has 2 aromatic carbocycles. The molecule has 0 aliphatic heterocycles. The molecule has 0 bridgehead atoms. The molecule has 174 valence electrons. The summed E-state index contributed by atoms with van der Waals surface area (Å²) in [7, 11) is 3.48. The van der Waals surface area contributed by atoms with Gasteiger partial charge in [0.25, 0.3) is 11.8 Å². The zero-order valence-corrected chi connectivity index (χ0v) is 19.8. The third-order valence-corrected chi connectivity index (χ3v) is 6.74. The quantitative estimate of drug-likeness (QED) is 0.342. The van der Waals surface area contributed by atoms with Crippen LogP contribution < -0.4 is 21.3 Å². The van der Waals surface area contributed by atoms with Gasteiger partial charge in [-0.15, -0.1) is 11.3 Å². The number of fused-ring (bicyclic) bond motifs is 2. The molecular weight excluding hydrogens is 462 g/mol. The van der Waals surface area contributed by atoms with Crippen LogP contribution in [0.5, 0.6) is 0 Å². The number of carbonyl (C=O) groups is 2. The zero-order valence-electron chi connectivity index (χ0n) is 18.9. The second kappa shape index (κ2) is 8.99. The molecule has 35 heavy (non-hydrogen) atoms. The summed E-state index contributed by atoms with van der Waals surface area (Å²) in [5.74, 6) is -0.150. The molecule has 5 aromatic rings. The number of nitrogens with two attached hydrogens (primary N) is 1. The van der Waals surface area contributed by atoms with Gasteiger partial charge in [-0.2, -0.15) is 0 Å². The molecule has 0 unspecified atom stereocenters. The molecule has 0 aliphatic rings. The number of hydrogen-bond donors (Lipinski definition) is 3. The first kappa shape index (κ1) is 22.2. The summed E-state index contributed by atoms with van der Waals surface area (Å²) in [5.41, 5.74) is 9.57. The van der Waals surface area contributed by atoms with Crippen molar-refractivity contribution in [2.45, 2.75) is 0 Å². The van der Waals surface area contributed by atoms with Crippen molar-refractivity contribution in [1.29, 1.82) is 0 Å². The number of nitrogens with zero attached hydrogens (tertiary/aromatic N) is 4. The third kappa shape index (κ3) is 4.00. The Morgan fingerprint density at radius 1 is 1.09 bits per heavy atom. The van der Waals surface area contributed by atoms with Crippen LogP contribution in [-0.4, -0.2) is 40.9 Å². The van der Waals surface area contributed by atoms with Crippen molar-refractivity contribution in [3.8, 4) is 0 Å². The maximum Gasteiger partial charge on any atom is 0.258 e. The Labute approximate surface area is 204 Å². The van der Waals surface area contributed by atoms with Crippen molar-refractivity contribution < 1.29 is 9.59 Å². The monoisotopic (exact) mass is 483 g/mol. The largest absolute Gasteiger partial charge is 0.382 e. The van der Waals surface area contributed by atoms with E-state index in [4.69, 9.17) is 5.73 Å². The Morgan fingerprint density at radius 3 is 2.77 bits per heavy atom. The van der Waals surface area contributed by atoms with E-state index in [0.717, 1.165) is 22.1 Å². The standard InChI is InChI=1S/C25H21N7O2S/c1-27-24(33)14-4-3-5-16(10-14)32(2)19-7-6-15-11-28-9-8-17(15)20(19)31-25(34)18-12-35-22-21(18)29-13-30-23(22)26/h3-13H,1-2H3,(H,27,33)(H,31,34)(H2,26,29,30). The Balaban J connectivity index is 1.60. The smallest absolute Gasteiger partial charge is 0.258 e. The number of carbonyl (C=O) groups excluding carboxylic acids is 2. The molecule has 0 saturated heterocycles. The minimum absolute atomic E-state index is 0.177. The van der Waals surface area contributed by atoms with Crippen LogP contribution in [-0.2, 0) is 0 Å². The van der Waals surface area contributed by atoms with Crippen LogP contribution in [0.15, 0.2) is 66.6 Å². The van der Waals surface area contributed by atoms with Crippen LogP contribution in [0.4, 0.5) is 22.9 Å². The van der Waals surface area contributed by atoms with Crippen LogP contribution in [0.2, 0.25) is 0 Å². The fourth-order valence-electron chi connectivity index (χ4n) is 3.92. The van der Waals surface area contributed by atoms with Gasteiger partial charge >= 0.3 is 0 Å². The number of rotatable bonds is 5. The van der Waals surface area contributed by atoms with Crippen molar-refractivity contribution in [2.75, 3.05) is 30.0 Å². The van der Waals surface area contributed by atoms with Crippen LogP contribution in [0.1, 0.15) is 20.7 Å². The van der Waals surface area contributed by atoms with E-state index < -0.39 is 0 Å². The second-order valence-corrected chi connectivity index (χ2v) is 8.66. The van der Waals surface area contributed by atoms with Gasteiger partial charge in [0.05, 0.1) is 27.2 Å². The van der Waals surface area contributed by atoms with Gasteiger partial charge in [-0.3, -0.25) is 14.6 Å². The number of benzene rings is 2. The summed E-state index contributed by atoms with van der Waals surface area (Å²) in [6.45, 7) is 0. The maximum absolute atomic E-state index is 13.4. The van der Waals surface area contributed by atoms with Gasteiger partial charge in [-0.1, -0.05) is 12.1 Å². The predicted molar refractivity (Wildman–Crippen MR) is 139 cm³/mol. The average molecular weight is 484 g/mol. The minimum atomic E-state index is -0.313. The number of amides is 2. The molecule has 4 N–H and O–H groups in total. The fraction of sp³-hybridized carbons (Fsp3) is 0.0800. The van der Waals surface area contributed by atoms with E-state index in [1.165, 1.54) is 17.7 Å². The van der Waals surface area contributed by atoms with Crippen molar-refractivity contribution >= 4 is 67.0 Å². The molecule has 0 spiro atoms. The molecule has 10 heteroatoms. The molecule has 0 aliphatic carbocycles. The van der Waals surface area contributed by atoms with E-state index in [1.807, 2.05) is 42.3 Å². The molecule has 3 aromatic heterocycles. The van der Waals surface area contributed by atoms with Gasteiger partial charge in [0.15, 0.2) is 0 Å². The molecule has 0 radical (unpaired) electrons. The lowest BCUT2D eigenvalue weighted by Gasteiger charge is -2.24. The highest BCUT2D eigenvalue weighted by Gasteiger charge is 2.20. The van der Waals surface area contributed by atoms with Gasteiger partial charge in [-0.05, 0) is 30.3 Å². The van der Waals surface area contributed by atoms with Crippen molar-refractivity contribution in [2.24, 2.45) is 0 Å². The highest BCUT2D eigenvalue weighted by atomic mass is 32.1. The van der Waals surface area contributed by atoms with E-state index in [2.05, 4.69) is 25.6 Å². The lowest BCUT2D eigenvalue weighted by atomic mass is 10.1. The van der Waals surface area contributed by atoms with Gasteiger partial charge in [0.2, 0.25) is 0 Å². The minimum Gasteiger partial charge on any atom is -0.382 e. The number of aromatic nitrogens is 3. The van der Waals surface area contributed by atoms with Crippen LogP contribution in [0.3, 0.4) is 0 Å². The SMILES string of the molecule is CNC(=O)c1cccc(N(C)c2ccc3cnccc3c2NC(=O)c2csc3c(N)ncnc23)c1. The number of hydrogen-bond acceptors (Lipinski definition) is 8. The molecule has 3 heterocycles. The number of thiophene rings is 1. The topological polar surface area (TPSA) is 126 Å². The second-order valence-electron chi connectivity index (χ2n) is 7.79. The van der Waals surface area contributed by atoms with Gasteiger partial charge in [-0.25, -0.2) is 9.97 Å². The van der Waals surface area contributed by atoms with Crippen molar-refractivity contribution in [3.63, 3.8) is 0 Å². The average Bonchev–Trinajstić information content (AvgIpc) is 3.34.